The van der Waals surface area contributed by atoms with E-state index in [0.717, 1.165) is 16.7 Å². The smallest absolute Gasteiger partial charge is 0.313 e. The van der Waals surface area contributed by atoms with Crippen molar-refractivity contribution in [2.24, 2.45) is 11.1 Å². The Bertz CT molecular complexity index is 443. The van der Waals surface area contributed by atoms with Crippen LogP contribution in [0.15, 0.2) is 12.1 Å². The van der Waals surface area contributed by atoms with Gasteiger partial charge in [-0.15, -0.1) is 0 Å². The minimum absolute atomic E-state index is 0.266. The van der Waals surface area contributed by atoms with Crippen molar-refractivity contribution in [2.75, 3.05) is 7.11 Å². The van der Waals surface area contributed by atoms with E-state index in [4.69, 9.17) is 10.5 Å². The first-order valence-electron chi connectivity index (χ1n) is 5.86. The van der Waals surface area contributed by atoms with E-state index in [1.807, 2.05) is 13.8 Å². The molecule has 4 heteroatoms. The Morgan fingerprint density at radius 3 is 2.17 bits per heavy atom. The van der Waals surface area contributed by atoms with Crippen LogP contribution in [0.3, 0.4) is 0 Å². The fraction of sp³-hybridized carbons (Fsp3) is 0.500. The molecule has 0 aliphatic carbocycles. The zero-order valence-electron chi connectivity index (χ0n) is 11.6. The maximum atomic E-state index is 11.7. The Hall–Kier alpha value is -1.55. The first-order valence-corrected chi connectivity index (χ1v) is 5.86. The lowest BCUT2D eigenvalue weighted by molar-refractivity contribution is -0.152. The van der Waals surface area contributed by atoms with Crippen LogP contribution < -0.4 is 5.73 Å². The van der Waals surface area contributed by atoms with Crippen LogP contribution in [0.25, 0.3) is 0 Å². The lowest BCUT2D eigenvalue weighted by Crippen LogP contribution is -2.37. The van der Waals surface area contributed by atoms with Gasteiger partial charge >= 0.3 is 5.97 Å². The van der Waals surface area contributed by atoms with Gasteiger partial charge in [0.05, 0.1) is 12.5 Å². The highest BCUT2D eigenvalue weighted by Crippen LogP contribution is 2.35. The second-order valence-electron chi connectivity index (χ2n) is 5.19. The summed E-state index contributed by atoms with van der Waals surface area (Å²) in [6.07, 6.45) is 0. The number of nitrogens with two attached hydrogens (primary N) is 1. The summed E-state index contributed by atoms with van der Waals surface area (Å²) in [6, 6.07) is 3.12. The number of hydrogen-bond donors (Lipinski definition) is 2. The molecule has 4 nitrogen and oxygen atoms in total. The molecular weight excluding hydrogens is 230 g/mol. The molecule has 0 radical (unpaired) electrons. The van der Waals surface area contributed by atoms with Gasteiger partial charge in [-0.05, 0) is 44.4 Å². The van der Waals surface area contributed by atoms with Gasteiger partial charge in [0.25, 0.3) is 0 Å². The predicted octanol–water partition coefficient (Wildman–Crippen LogP) is 2.21. The molecule has 3 N–H and O–H groups in total. The van der Waals surface area contributed by atoms with Crippen LogP contribution in [0.5, 0.6) is 5.75 Å². The highest BCUT2D eigenvalue weighted by molar-refractivity contribution is 5.77. The Morgan fingerprint density at radius 2 is 1.78 bits per heavy atom. The molecule has 0 saturated heterocycles. The molecule has 1 rings (SSSR count). The Balaban J connectivity index is 3.19. The molecule has 0 amide bonds. The number of carbonyl (C=O) groups is 1. The van der Waals surface area contributed by atoms with Crippen molar-refractivity contribution in [2.45, 2.75) is 33.7 Å². The monoisotopic (exact) mass is 251 g/mol. The summed E-state index contributed by atoms with van der Waals surface area (Å²) in [5, 5.41) is 9.74. The topological polar surface area (TPSA) is 72.5 Å². The summed E-state index contributed by atoms with van der Waals surface area (Å²) >= 11 is 0. The van der Waals surface area contributed by atoms with Crippen LogP contribution in [-0.2, 0) is 9.53 Å². The molecule has 0 aliphatic heterocycles. The molecule has 1 aromatic carbocycles. The lowest BCUT2D eigenvalue weighted by atomic mass is 9.80. The summed E-state index contributed by atoms with van der Waals surface area (Å²) in [5.74, 6) is -0.0831. The summed E-state index contributed by atoms with van der Waals surface area (Å²) in [5.41, 5.74) is 7.66. The SMILES string of the molecule is COC(=O)C(C)(C)[C@@H](N)c1cc(C)c(O)c(C)c1. The van der Waals surface area contributed by atoms with Gasteiger partial charge in [-0.2, -0.15) is 0 Å². The number of methoxy groups -OCH3 is 1. The molecule has 0 fully saturated rings. The molecule has 1 aromatic rings. The Labute approximate surface area is 108 Å². The van der Waals surface area contributed by atoms with Crippen molar-refractivity contribution in [3.63, 3.8) is 0 Å². The second-order valence-corrected chi connectivity index (χ2v) is 5.19. The molecule has 0 aromatic heterocycles. The van der Waals surface area contributed by atoms with Crippen LogP contribution in [0, 0.1) is 19.3 Å². The number of aryl methyl sites for hydroxylation is 2. The van der Waals surface area contributed by atoms with Gasteiger partial charge in [-0.1, -0.05) is 12.1 Å². The molecule has 0 unspecified atom stereocenters. The van der Waals surface area contributed by atoms with Gasteiger partial charge in [0.2, 0.25) is 0 Å². The second kappa shape index (κ2) is 4.98. The minimum Gasteiger partial charge on any atom is -0.507 e. The maximum absolute atomic E-state index is 11.7. The summed E-state index contributed by atoms with van der Waals surface area (Å²) in [6.45, 7) is 7.12. The van der Waals surface area contributed by atoms with Crippen molar-refractivity contribution < 1.29 is 14.6 Å². The highest BCUT2D eigenvalue weighted by Gasteiger charge is 2.36. The van der Waals surface area contributed by atoms with Crippen molar-refractivity contribution >= 4 is 5.97 Å². The zero-order valence-corrected chi connectivity index (χ0v) is 11.6. The van der Waals surface area contributed by atoms with Crippen molar-refractivity contribution in [3.8, 4) is 5.75 Å². The van der Waals surface area contributed by atoms with Gasteiger partial charge in [-0.25, -0.2) is 0 Å². The van der Waals surface area contributed by atoms with E-state index < -0.39 is 11.5 Å². The number of carbonyl (C=O) groups excluding carboxylic acids is 1. The molecular formula is C14H21NO3. The maximum Gasteiger partial charge on any atom is 0.313 e. The van der Waals surface area contributed by atoms with Crippen LogP contribution >= 0.6 is 0 Å². The van der Waals surface area contributed by atoms with Gasteiger partial charge in [0.15, 0.2) is 0 Å². The molecule has 1 atom stereocenters. The first kappa shape index (κ1) is 14.5. The van der Waals surface area contributed by atoms with E-state index in [2.05, 4.69) is 0 Å². The number of hydrogen-bond acceptors (Lipinski definition) is 4. The summed E-state index contributed by atoms with van der Waals surface area (Å²) in [4.78, 5) is 11.7. The standard InChI is InChI=1S/C14H21NO3/c1-8-6-10(7-9(2)11(8)16)12(15)14(3,4)13(17)18-5/h6-7,12,16H,15H2,1-5H3/t12-/m0/s1. The molecule has 0 heterocycles. The number of esters is 1. The van der Waals surface area contributed by atoms with Gasteiger partial charge in [0.1, 0.15) is 5.75 Å². The molecule has 0 bridgehead atoms. The zero-order chi connectivity index (χ0) is 14.1. The quantitative estimate of drug-likeness (QED) is 0.808. The van der Waals surface area contributed by atoms with E-state index in [-0.39, 0.29) is 11.7 Å². The third-order valence-electron chi connectivity index (χ3n) is 3.36. The number of phenols is 1. The fourth-order valence-electron chi connectivity index (χ4n) is 1.98. The molecule has 100 valence electrons. The van der Waals surface area contributed by atoms with Gasteiger partial charge in [0, 0.05) is 6.04 Å². The lowest BCUT2D eigenvalue weighted by Gasteiger charge is -2.29. The van der Waals surface area contributed by atoms with Gasteiger partial charge < -0.3 is 15.6 Å². The van der Waals surface area contributed by atoms with Crippen LogP contribution in [0.4, 0.5) is 0 Å². The molecule has 0 spiro atoms. The number of aromatic hydroxyl groups is 1. The molecule has 0 saturated carbocycles. The summed E-state index contributed by atoms with van der Waals surface area (Å²) < 4.78 is 4.77. The number of rotatable bonds is 3. The van der Waals surface area contributed by atoms with E-state index in [9.17, 15) is 9.90 Å². The number of benzene rings is 1. The van der Waals surface area contributed by atoms with E-state index in [1.165, 1.54) is 7.11 Å². The molecule has 0 aliphatic rings. The van der Waals surface area contributed by atoms with Crippen molar-refractivity contribution in [3.05, 3.63) is 28.8 Å². The summed E-state index contributed by atoms with van der Waals surface area (Å²) in [7, 11) is 1.35. The third kappa shape index (κ3) is 2.48. The highest BCUT2D eigenvalue weighted by atomic mass is 16.5. The van der Waals surface area contributed by atoms with Crippen LogP contribution in [0.1, 0.15) is 36.6 Å². The average molecular weight is 251 g/mol. The predicted molar refractivity (Wildman–Crippen MR) is 70.3 cm³/mol. The van der Waals surface area contributed by atoms with E-state index in [1.54, 1.807) is 26.0 Å². The first-order chi connectivity index (χ1) is 8.21. The molecule has 18 heavy (non-hydrogen) atoms. The Kier molecular flexibility index (Phi) is 4.02. The number of phenolic OH excluding ortho intramolecular Hbond substituents is 1. The van der Waals surface area contributed by atoms with Gasteiger partial charge in [-0.3, -0.25) is 4.79 Å². The Morgan fingerprint density at radius 1 is 1.33 bits per heavy atom. The minimum atomic E-state index is -0.815. The average Bonchev–Trinajstić information content (AvgIpc) is 2.33. The van der Waals surface area contributed by atoms with E-state index >= 15 is 0 Å². The van der Waals surface area contributed by atoms with Crippen molar-refractivity contribution in [1.82, 2.24) is 0 Å². The van der Waals surface area contributed by atoms with Crippen molar-refractivity contribution in [1.29, 1.82) is 0 Å². The number of ether oxygens (including phenoxy) is 1. The van der Waals surface area contributed by atoms with Crippen LogP contribution in [0.2, 0.25) is 0 Å². The third-order valence-corrected chi connectivity index (χ3v) is 3.36. The van der Waals surface area contributed by atoms with Crippen LogP contribution in [-0.4, -0.2) is 18.2 Å². The van der Waals surface area contributed by atoms with E-state index in [0.29, 0.717) is 0 Å². The fourth-order valence-corrected chi connectivity index (χ4v) is 1.98. The normalized spacial score (nSPS) is 13.2. The largest absolute Gasteiger partial charge is 0.507 e.